The van der Waals surface area contributed by atoms with Gasteiger partial charge in [0.1, 0.15) is 11.4 Å². The van der Waals surface area contributed by atoms with Crippen molar-refractivity contribution in [2.45, 2.75) is 32.7 Å². The molecule has 0 saturated heterocycles. The van der Waals surface area contributed by atoms with Crippen molar-refractivity contribution >= 4 is 34.8 Å². The van der Waals surface area contributed by atoms with Crippen molar-refractivity contribution in [1.29, 1.82) is 5.26 Å². The number of methoxy groups -OCH3 is 1. The number of aromatic nitrogens is 2. The number of hydrogen-bond acceptors (Lipinski definition) is 4. The smallest absolute Gasteiger partial charge is 0.280 e. The number of anilines is 1. The highest BCUT2D eigenvalue weighted by molar-refractivity contribution is 6.31. The third kappa shape index (κ3) is 4.15. The lowest BCUT2D eigenvalue weighted by Crippen LogP contribution is -2.30. The SMILES string of the molecule is COc1ccccc1-n1nc2c(c1C(C)C)C(c1ccc(Cl)cc1C)N(c1cc(Cl)cc(C#N)c1)C2=O. The van der Waals surface area contributed by atoms with Crippen LogP contribution in [0.1, 0.15) is 64.2 Å². The molecule has 1 unspecified atom stereocenters. The molecule has 1 atom stereocenters. The summed E-state index contributed by atoms with van der Waals surface area (Å²) in [4.78, 5) is 15.8. The zero-order chi connectivity index (χ0) is 26.4. The van der Waals surface area contributed by atoms with Crippen molar-refractivity contribution in [2.75, 3.05) is 12.0 Å². The Morgan fingerprint density at radius 2 is 1.81 bits per heavy atom. The van der Waals surface area contributed by atoms with Crippen molar-refractivity contribution in [2.24, 2.45) is 0 Å². The number of nitriles is 1. The summed E-state index contributed by atoms with van der Waals surface area (Å²) in [5.41, 5.74) is 5.57. The highest BCUT2D eigenvalue weighted by Gasteiger charge is 2.45. The molecular formula is C29H24Cl2N4O2. The molecule has 0 N–H and O–H groups in total. The van der Waals surface area contributed by atoms with Gasteiger partial charge in [-0.2, -0.15) is 10.4 Å². The van der Waals surface area contributed by atoms with Gasteiger partial charge in [0.25, 0.3) is 5.91 Å². The van der Waals surface area contributed by atoms with E-state index in [0.717, 1.165) is 28.1 Å². The predicted molar refractivity (Wildman–Crippen MR) is 145 cm³/mol. The normalized spacial score (nSPS) is 14.7. The molecule has 37 heavy (non-hydrogen) atoms. The van der Waals surface area contributed by atoms with E-state index >= 15 is 0 Å². The molecule has 3 aromatic carbocycles. The van der Waals surface area contributed by atoms with E-state index in [1.54, 1.807) is 30.2 Å². The van der Waals surface area contributed by atoms with Crippen LogP contribution in [0.25, 0.3) is 5.69 Å². The van der Waals surface area contributed by atoms with Crippen LogP contribution in [0, 0.1) is 18.3 Å². The van der Waals surface area contributed by atoms with Gasteiger partial charge >= 0.3 is 0 Å². The van der Waals surface area contributed by atoms with E-state index in [9.17, 15) is 10.1 Å². The molecule has 186 valence electrons. The van der Waals surface area contributed by atoms with E-state index in [2.05, 4.69) is 19.9 Å². The molecule has 6 nitrogen and oxygen atoms in total. The summed E-state index contributed by atoms with van der Waals surface area (Å²) in [7, 11) is 1.61. The number of nitrogens with zero attached hydrogens (tertiary/aromatic N) is 4. The minimum atomic E-state index is -0.495. The van der Waals surface area contributed by atoms with Crippen LogP contribution >= 0.6 is 23.2 Å². The quantitative estimate of drug-likeness (QED) is 0.272. The first kappa shape index (κ1) is 24.9. The van der Waals surface area contributed by atoms with Gasteiger partial charge in [0.15, 0.2) is 5.69 Å². The third-order valence-corrected chi connectivity index (χ3v) is 7.04. The highest BCUT2D eigenvalue weighted by Crippen LogP contribution is 2.47. The molecule has 0 fully saturated rings. The molecule has 1 amide bonds. The number of ether oxygens (including phenoxy) is 1. The van der Waals surface area contributed by atoms with Gasteiger partial charge in [0.2, 0.25) is 0 Å². The standard InChI is InChI=1S/C29H24Cl2N4O2/c1-16(2)27-25-26(33-35(27)23-7-5-6-8-24(23)37-4)29(36)34(21-13-18(15-32)12-20(31)14-21)28(25)22-10-9-19(30)11-17(22)3/h5-14,16,28H,1-4H3. The Balaban J connectivity index is 1.82. The number of halogens is 2. The second kappa shape index (κ2) is 9.59. The summed E-state index contributed by atoms with van der Waals surface area (Å²) in [6, 6.07) is 19.9. The summed E-state index contributed by atoms with van der Waals surface area (Å²) in [6.45, 7) is 6.13. The molecule has 0 spiro atoms. The van der Waals surface area contributed by atoms with Gasteiger partial charge in [-0.15, -0.1) is 0 Å². The molecule has 4 aromatic rings. The predicted octanol–water partition coefficient (Wildman–Crippen LogP) is 7.24. The van der Waals surface area contributed by atoms with Crippen LogP contribution in [-0.2, 0) is 0 Å². The summed E-state index contributed by atoms with van der Waals surface area (Å²) in [6.07, 6.45) is 0. The van der Waals surface area contributed by atoms with E-state index in [4.69, 9.17) is 33.0 Å². The zero-order valence-corrected chi connectivity index (χ0v) is 22.3. The molecule has 0 bridgehead atoms. The first-order valence-electron chi connectivity index (χ1n) is 11.8. The van der Waals surface area contributed by atoms with Crippen LogP contribution in [0.15, 0.2) is 60.7 Å². The Bertz CT molecular complexity index is 1590. The van der Waals surface area contributed by atoms with Crippen molar-refractivity contribution in [3.8, 4) is 17.5 Å². The maximum atomic E-state index is 14.1. The highest BCUT2D eigenvalue weighted by atomic mass is 35.5. The number of hydrogen-bond donors (Lipinski definition) is 0. The molecule has 1 aliphatic rings. The van der Waals surface area contributed by atoms with Crippen LogP contribution in [0.2, 0.25) is 10.0 Å². The lowest BCUT2D eigenvalue weighted by molar-refractivity contribution is 0.0988. The first-order chi connectivity index (χ1) is 17.7. The van der Waals surface area contributed by atoms with Crippen LogP contribution in [0.5, 0.6) is 5.75 Å². The Morgan fingerprint density at radius 1 is 1.05 bits per heavy atom. The number of amides is 1. The van der Waals surface area contributed by atoms with Gasteiger partial charge in [-0.3, -0.25) is 9.69 Å². The molecular weight excluding hydrogens is 507 g/mol. The number of fused-ring (bicyclic) bond motifs is 1. The number of rotatable bonds is 5. The minimum Gasteiger partial charge on any atom is -0.494 e. The average Bonchev–Trinajstić information content (AvgIpc) is 3.39. The van der Waals surface area contributed by atoms with Crippen molar-refractivity contribution < 1.29 is 9.53 Å². The van der Waals surface area contributed by atoms with Crippen molar-refractivity contribution in [1.82, 2.24) is 9.78 Å². The Morgan fingerprint density at radius 3 is 2.49 bits per heavy atom. The number of carbonyl (C=O) groups excluding carboxylic acids is 1. The lowest BCUT2D eigenvalue weighted by Gasteiger charge is -2.29. The van der Waals surface area contributed by atoms with E-state index in [1.807, 2.05) is 54.1 Å². The fourth-order valence-electron chi connectivity index (χ4n) is 5.06. The van der Waals surface area contributed by atoms with E-state index in [0.29, 0.717) is 32.7 Å². The first-order valence-corrected chi connectivity index (χ1v) is 12.6. The number of benzene rings is 3. The largest absolute Gasteiger partial charge is 0.494 e. The van der Waals surface area contributed by atoms with Gasteiger partial charge in [-0.05, 0) is 66.4 Å². The monoisotopic (exact) mass is 530 g/mol. The molecule has 2 heterocycles. The lowest BCUT2D eigenvalue weighted by atomic mass is 9.92. The van der Waals surface area contributed by atoms with E-state index in [1.165, 1.54) is 0 Å². The summed E-state index contributed by atoms with van der Waals surface area (Å²) < 4.78 is 7.44. The van der Waals surface area contributed by atoms with Gasteiger partial charge in [0.05, 0.1) is 30.5 Å². The van der Waals surface area contributed by atoms with E-state index in [-0.39, 0.29) is 11.8 Å². The molecule has 0 saturated carbocycles. The molecule has 1 aliphatic heterocycles. The Kier molecular flexibility index (Phi) is 6.45. The third-order valence-electron chi connectivity index (χ3n) is 6.59. The molecule has 0 radical (unpaired) electrons. The molecule has 5 rings (SSSR count). The summed E-state index contributed by atoms with van der Waals surface area (Å²) >= 11 is 12.7. The molecule has 1 aromatic heterocycles. The van der Waals surface area contributed by atoms with Crippen LogP contribution < -0.4 is 9.64 Å². The maximum absolute atomic E-state index is 14.1. The fourth-order valence-corrected chi connectivity index (χ4v) is 5.52. The minimum absolute atomic E-state index is 0.0260. The summed E-state index contributed by atoms with van der Waals surface area (Å²) in [5.74, 6) is 0.414. The van der Waals surface area contributed by atoms with Gasteiger partial charge in [-0.1, -0.05) is 55.2 Å². The van der Waals surface area contributed by atoms with E-state index < -0.39 is 6.04 Å². The second-order valence-electron chi connectivity index (χ2n) is 9.27. The van der Waals surface area contributed by atoms with Gasteiger partial charge in [-0.25, -0.2) is 4.68 Å². The molecule has 0 aliphatic carbocycles. The summed E-state index contributed by atoms with van der Waals surface area (Å²) in [5, 5.41) is 15.4. The maximum Gasteiger partial charge on any atom is 0.280 e. The van der Waals surface area contributed by atoms with Gasteiger partial charge < -0.3 is 4.74 Å². The van der Waals surface area contributed by atoms with Crippen LogP contribution in [-0.4, -0.2) is 22.8 Å². The number of para-hydroxylation sites is 2. The Hall–Kier alpha value is -3.79. The Labute approximate surface area is 225 Å². The van der Waals surface area contributed by atoms with Crippen molar-refractivity contribution in [3.63, 3.8) is 0 Å². The zero-order valence-electron chi connectivity index (χ0n) is 20.8. The van der Waals surface area contributed by atoms with Crippen LogP contribution in [0.4, 0.5) is 5.69 Å². The molecule has 8 heteroatoms. The second-order valence-corrected chi connectivity index (χ2v) is 10.1. The van der Waals surface area contributed by atoms with Crippen LogP contribution in [0.3, 0.4) is 0 Å². The number of carbonyl (C=O) groups is 1. The topological polar surface area (TPSA) is 71.2 Å². The van der Waals surface area contributed by atoms with Crippen molar-refractivity contribution in [3.05, 3.63) is 104 Å². The number of aryl methyl sites for hydroxylation is 1. The fraction of sp³-hybridized carbons (Fsp3) is 0.207. The average molecular weight is 531 g/mol. The van der Waals surface area contributed by atoms with Gasteiger partial charge in [0, 0.05) is 21.3 Å².